The highest BCUT2D eigenvalue weighted by Gasteiger charge is 2.31. The fourth-order valence-electron chi connectivity index (χ4n) is 1.90. The Hall–Kier alpha value is -1.95. The van der Waals surface area contributed by atoms with Crippen LogP contribution in [-0.2, 0) is 11.9 Å². The van der Waals surface area contributed by atoms with Gasteiger partial charge in [-0.2, -0.15) is 13.2 Å². The molecule has 0 atom stereocenters. The number of carboxylic acids is 1. The van der Waals surface area contributed by atoms with Crippen molar-refractivity contribution in [3.05, 3.63) is 64.7 Å². The Labute approximate surface area is 130 Å². The monoisotopic (exact) mass is 326 g/mol. The number of carbonyl (C=O) groups is 1. The summed E-state index contributed by atoms with van der Waals surface area (Å²) in [4.78, 5) is 11.3. The molecule has 0 aromatic heterocycles. The third kappa shape index (κ3) is 4.04. The topological polar surface area (TPSA) is 37.3 Å². The lowest BCUT2D eigenvalue weighted by atomic mass is 10.1. The molecule has 2 nitrogen and oxygen atoms in total. The standard InChI is InChI=1S/C16H13F3O2S/c1-10-4-2-3-5-11(10)9-22-14-7-12(15(20)21)6-13(8-14)16(17,18)19/h2-8H,9H2,1H3,(H,20,21). The lowest BCUT2D eigenvalue weighted by Gasteiger charge is -2.11. The predicted octanol–water partition coefficient (Wildman–Crippen LogP) is 5.00. The summed E-state index contributed by atoms with van der Waals surface area (Å²) in [6, 6.07) is 10.5. The first-order valence-electron chi connectivity index (χ1n) is 6.40. The number of hydrogen-bond donors (Lipinski definition) is 1. The largest absolute Gasteiger partial charge is 0.478 e. The van der Waals surface area contributed by atoms with Gasteiger partial charge in [0.15, 0.2) is 0 Å². The van der Waals surface area contributed by atoms with Crippen molar-refractivity contribution >= 4 is 17.7 Å². The van der Waals surface area contributed by atoms with Gasteiger partial charge in [-0.15, -0.1) is 11.8 Å². The number of rotatable bonds is 4. The van der Waals surface area contributed by atoms with E-state index in [2.05, 4.69) is 0 Å². The zero-order valence-corrected chi connectivity index (χ0v) is 12.5. The highest BCUT2D eigenvalue weighted by Crippen LogP contribution is 2.34. The molecule has 116 valence electrons. The van der Waals surface area contributed by atoms with Crippen LogP contribution in [0.2, 0.25) is 0 Å². The van der Waals surface area contributed by atoms with E-state index in [0.717, 1.165) is 17.2 Å². The fraction of sp³-hybridized carbons (Fsp3) is 0.188. The van der Waals surface area contributed by atoms with Gasteiger partial charge in [-0.3, -0.25) is 0 Å². The third-order valence-electron chi connectivity index (χ3n) is 3.14. The molecule has 22 heavy (non-hydrogen) atoms. The van der Waals surface area contributed by atoms with Crippen LogP contribution in [0.5, 0.6) is 0 Å². The molecule has 0 aliphatic carbocycles. The maximum atomic E-state index is 12.8. The summed E-state index contributed by atoms with van der Waals surface area (Å²) < 4.78 is 38.5. The van der Waals surface area contributed by atoms with E-state index in [9.17, 15) is 18.0 Å². The molecule has 2 rings (SSSR count). The third-order valence-corrected chi connectivity index (χ3v) is 4.16. The zero-order valence-electron chi connectivity index (χ0n) is 11.6. The molecule has 0 unspecified atom stereocenters. The molecule has 2 aromatic carbocycles. The van der Waals surface area contributed by atoms with Gasteiger partial charge in [0.1, 0.15) is 0 Å². The second kappa shape index (κ2) is 6.44. The Morgan fingerprint density at radius 2 is 1.86 bits per heavy atom. The minimum absolute atomic E-state index is 0.287. The summed E-state index contributed by atoms with van der Waals surface area (Å²) in [5.74, 6) is -0.892. The van der Waals surface area contributed by atoms with Crippen LogP contribution < -0.4 is 0 Å². The normalized spacial score (nSPS) is 11.5. The fourth-order valence-corrected chi connectivity index (χ4v) is 2.97. The summed E-state index contributed by atoms with van der Waals surface area (Å²) in [5, 5.41) is 8.95. The predicted molar refractivity (Wildman–Crippen MR) is 79.1 cm³/mol. The van der Waals surface area contributed by atoms with Crippen molar-refractivity contribution in [2.75, 3.05) is 0 Å². The molecule has 0 fully saturated rings. The second-order valence-electron chi connectivity index (χ2n) is 4.76. The molecular weight excluding hydrogens is 313 g/mol. The van der Waals surface area contributed by atoms with E-state index < -0.39 is 17.7 Å². The van der Waals surface area contributed by atoms with E-state index in [4.69, 9.17) is 5.11 Å². The smallest absolute Gasteiger partial charge is 0.416 e. The highest BCUT2D eigenvalue weighted by atomic mass is 32.2. The number of aromatic carboxylic acids is 1. The molecule has 2 aromatic rings. The summed E-state index contributed by atoms with van der Waals surface area (Å²) in [6.45, 7) is 1.92. The van der Waals surface area contributed by atoms with Crippen molar-refractivity contribution in [2.24, 2.45) is 0 Å². The maximum Gasteiger partial charge on any atom is 0.416 e. The first-order chi connectivity index (χ1) is 10.3. The average molecular weight is 326 g/mol. The molecule has 0 amide bonds. The van der Waals surface area contributed by atoms with Gasteiger partial charge in [0.25, 0.3) is 0 Å². The van der Waals surface area contributed by atoms with Crippen LogP contribution in [0, 0.1) is 6.92 Å². The first kappa shape index (κ1) is 16.4. The number of carboxylic acid groups (broad SMARTS) is 1. The van der Waals surface area contributed by atoms with Crippen molar-refractivity contribution in [3.63, 3.8) is 0 Å². The lowest BCUT2D eigenvalue weighted by molar-refractivity contribution is -0.137. The molecular formula is C16H13F3O2S. The molecule has 0 aliphatic heterocycles. The molecule has 0 aliphatic rings. The molecule has 6 heteroatoms. The van der Waals surface area contributed by atoms with Crippen LogP contribution in [0.1, 0.15) is 27.0 Å². The van der Waals surface area contributed by atoms with Crippen molar-refractivity contribution in [3.8, 4) is 0 Å². The van der Waals surface area contributed by atoms with Gasteiger partial charge < -0.3 is 5.11 Å². The van der Waals surface area contributed by atoms with Crippen LogP contribution >= 0.6 is 11.8 Å². The van der Waals surface area contributed by atoms with Gasteiger partial charge in [-0.05, 0) is 36.2 Å². The Kier molecular flexibility index (Phi) is 4.81. The number of benzene rings is 2. The SMILES string of the molecule is Cc1ccccc1CSc1cc(C(=O)O)cc(C(F)(F)F)c1. The number of hydrogen-bond acceptors (Lipinski definition) is 2. The maximum absolute atomic E-state index is 12.8. The Balaban J connectivity index is 2.29. The van der Waals surface area contributed by atoms with Crippen LogP contribution in [0.4, 0.5) is 13.2 Å². The van der Waals surface area contributed by atoms with E-state index in [-0.39, 0.29) is 10.5 Å². The number of alkyl halides is 3. The number of aryl methyl sites for hydroxylation is 1. The lowest BCUT2D eigenvalue weighted by Crippen LogP contribution is -2.08. The van der Waals surface area contributed by atoms with Gasteiger partial charge in [-0.1, -0.05) is 24.3 Å². The Morgan fingerprint density at radius 3 is 2.45 bits per heavy atom. The summed E-state index contributed by atoms with van der Waals surface area (Å²) in [6.07, 6.45) is -4.57. The molecule has 0 spiro atoms. The molecule has 0 heterocycles. The summed E-state index contributed by atoms with van der Waals surface area (Å²) in [7, 11) is 0. The summed E-state index contributed by atoms with van der Waals surface area (Å²) >= 11 is 1.19. The van der Waals surface area contributed by atoms with Gasteiger partial charge in [0.05, 0.1) is 11.1 Å². The summed E-state index contributed by atoms with van der Waals surface area (Å²) in [5.41, 5.74) is 0.740. The van der Waals surface area contributed by atoms with Crippen molar-refractivity contribution < 1.29 is 23.1 Å². The molecule has 0 bridgehead atoms. The van der Waals surface area contributed by atoms with Gasteiger partial charge in [0, 0.05) is 10.6 Å². The highest BCUT2D eigenvalue weighted by molar-refractivity contribution is 7.98. The van der Waals surface area contributed by atoms with E-state index in [1.54, 1.807) is 0 Å². The minimum Gasteiger partial charge on any atom is -0.478 e. The van der Waals surface area contributed by atoms with Gasteiger partial charge >= 0.3 is 12.1 Å². The minimum atomic E-state index is -4.57. The Bertz CT molecular complexity index is 696. The molecule has 0 radical (unpaired) electrons. The molecule has 1 N–H and O–H groups in total. The van der Waals surface area contributed by atoms with Crippen LogP contribution in [0.15, 0.2) is 47.4 Å². The molecule has 0 saturated carbocycles. The number of halogens is 3. The van der Waals surface area contributed by atoms with E-state index in [1.807, 2.05) is 31.2 Å². The van der Waals surface area contributed by atoms with E-state index in [0.29, 0.717) is 11.8 Å². The zero-order chi connectivity index (χ0) is 16.3. The Morgan fingerprint density at radius 1 is 1.18 bits per heavy atom. The van der Waals surface area contributed by atoms with Crippen LogP contribution in [0.3, 0.4) is 0 Å². The van der Waals surface area contributed by atoms with E-state index >= 15 is 0 Å². The quantitative estimate of drug-likeness (QED) is 0.803. The number of thioether (sulfide) groups is 1. The van der Waals surface area contributed by atoms with Crippen molar-refractivity contribution in [1.29, 1.82) is 0 Å². The second-order valence-corrected chi connectivity index (χ2v) is 5.81. The van der Waals surface area contributed by atoms with Gasteiger partial charge in [-0.25, -0.2) is 4.79 Å². The van der Waals surface area contributed by atoms with Gasteiger partial charge in [0.2, 0.25) is 0 Å². The van der Waals surface area contributed by atoms with Crippen LogP contribution in [-0.4, -0.2) is 11.1 Å². The van der Waals surface area contributed by atoms with E-state index in [1.165, 1.54) is 17.8 Å². The first-order valence-corrected chi connectivity index (χ1v) is 7.39. The molecule has 0 saturated heterocycles. The van der Waals surface area contributed by atoms with Crippen LogP contribution in [0.25, 0.3) is 0 Å². The average Bonchev–Trinajstić information content (AvgIpc) is 2.45. The van der Waals surface area contributed by atoms with Crippen molar-refractivity contribution in [1.82, 2.24) is 0 Å². The van der Waals surface area contributed by atoms with Crippen molar-refractivity contribution in [2.45, 2.75) is 23.7 Å².